The summed E-state index contributed by atoms with van der Waals surface area (Å²) in [5.41, 5.74) is 3.45. The summed E-state index contributed by atoms with van der Waals surface area (Å²) in [6, 6.07) is 5.49. The first kappa shape index (κ1) is 21.4. The number of rotatable bonds is 4. The molecule has 0 bridgehead atoms. The van der Waals surface area contributed by atoms with E-state index in [9.17, 15) is 9.18 Å². The number of carbonyl (C=O) groups excluding carboxylic acids is 1. The highest BCUT2D eigenvalue weighted by atomic mass is 19.1. The second kappa shape index (κ2) is 8.15. The van der Waals surface area contributed by atoms with Gasteiger partial charge in [0.1, 0.15) is 5.52 Å². The topological polar surface area (TPSA) is 79.5 Å². The van der Waals surface area contributed by atoms with Gasteiger partial charge in [-0.25, -0.2) is 9.37 Å². The summed E-state index contributed by atoms with van der Waals surface area (Å²) in [5.74, 6) is -0.293. The quantitative estimate of drug-likeness (QED) is 0.500. The van der Waals surface area contributed by atoms with Gasteiger partial charge in [0.2, 0.25) is 0 Å². The van der Waals surface area contributed by atoms with E-state index in [1.807, 2.05) is 25.4 Å². The van der Waals surface area contributed by atoms with Crippen molar-refractivity contribution < 1.29 is 9.18 Å². The molecule has 4 heterocycles. The molecule has 1 unspecified atom stereocenters. The Morgan fingerprint density at radius 1 is 1.27 bits per heavy atom. The molecule has 2 N–H and O–H groups in total. The molecular formula is C24H28FN7O. The first-order valence-electron chi connectivity index (χ1n) is 11.2. The summed E-state index contributed by atoms with van der Waals surface area (Å²) in [5, 5.41) is 11.9. The van der Waals surface area contributed by atoms with Crippen LogP contribution in [0, 0.1) is 18.7 Å². The Morgan fingerprint density at radius 3 is 2.88 bits per heavy atom. The first-order chi connectivity index (χ1) is 15.8. The fourth-order valence-electron chi connectivity index (χ4n) is 4.55. The van der Waals surface area contributed by atoms with Gasteiger partial charge in [-0.15, -0.1) is 0 Å². The number of benzene rings is 1. The molecule has 0 spiro atoms. The van der Waals surface area contributed by atoms with Crippen LogP contribution < -0.4 is 15.5 Å². The lowest BCUT2D eigenvalue weighted by Gasteiger charge is -2.37. The average Bonchev–Trinajstić information content (AvgIpc) is 3.34. The Balaban J connectivity index is 1.48. The lowest BCUT2D eigenvalue weighted by Crippen LogP contribution is -2.53. The smallest absolute Gasteiger partial charge is 0.257 e. The van der Waals surface area contributed by atoms with Gasteiger partial charge < -0.3 is 19.9 Å². The summed E-state index contributed by atoms with van der Waals surface area (Å²) < 4.78 is 17.8. The van der Waals surface area contributed by atoms with Gasteiger partial charge in [-0.1, -0.05) is 13.8 Å². The zero-order valence-electron chi connectivity index (χ0n) is 19.3. The number of carbonyl (C=O) groups is 1. The van der Waals surface area contributed by atoms with Crippen LogP contribution in [0.3, 0.4) is 0 Å². The third-order valence-electron chi connectivity index (χ3n) is 6.25. The Hall–Kier alpha value is -3.46. The molecule has 1 fully saturated rings. The van der Waals surface area contributed by atoms with E-state index in [-0.39, 0.29) is 11.6 Å². The van der Waals surface area contributed by atoms with Crippen LogP contribution in [0.5, 0.6) is 0 Å². The minimum atomic E-state index is -0.488. The minimum Gasteiger partial charge on any atom is -0.368 e. The van der Waals surface area contributed by atoms with E-state index in [1.54, 1.807) is 28.4 Å². The molecule has 1 atom stereocenters. The SMILES string of the molecule is Cc1cn2cc(NC(=O)c3ccc(N4CCNC(C(C)C)C4)c4cn(C)nc34)cc(F)c2n1. The highest BCUT2D eigenvalue weighted by Crippen LogP contribution is 2.30. The van der Waals surface area contributed by atoms with Gasteiger partial charge in [-0.3, -0.25) is 9.48 Å². The van der Waals surface area contributed by atoms with Gasteiger partial charge in [0.15, 0.2) is 11.5 Å². The summed E-state index contributed by atoms with van der Waals surface area (Å²) in [4.78, 5) is 19.7. The number of pyridine rings is 1. The third-order valence-corrected chi connectivity index (χ3v) is 6.25. The van der Waals surface area contributed by atoms with Crippen molar-refractivity contribution >= 4 is 33.8 Å². The van der Waals surface area contributed by atoms with Crippen molar-refractivity contribution in [3.63, 3.8) is 0 Å². The summed E-state index contributed by atoms with van der Waals surface area (Å²) in [6.45, 7) is 8.94. The predicted octanol–water partition coefficient (Wildman–Crippen LogP) is 3.36. The summed E-state index contributed by atoms with van der Waals surface area (Å²) in [6.07, 6.45) is 5.33. The molecule has 1 amide bonds. The molecule has 172 valence electrons. The minimum absolute atomic E-state index is 0.234. The van der Waals surface area contributed by atoms with Crippen LogP contribution in [0.25, 0.3) is 16.6 Å². The maximum atomic E-state index is 14.5. The molecule has 8 nitrogen and oxygen atoms in total. The van der Waals surface area contributed by atoms with Crippen LogP contribution in [0.4, 0.5) is 15.8 Å². The Morgan fingerprint density at radius 2 is 2.09 bits per heavy atom. The van der Waals surface area contributed by atoms with Gasteiger partial charge in [-0.2, -0.15) is 5.10 Å². The van der Waals surface area contributed by atoms with Gasteiger partial charge in [0.05, 0.1) is 16.9 Å². The lowest BCUT2D eigenvalue weighted by molar-refractivity contribution is 0.102. The van der Waals surface area contributed by atoms with Crippen molar-refractivity contribution in [3.05, 3.63) is 53.9 Å². The summed E-state index contributed by atoms with van der Waals surface area (Å²) >= 11 is 0. The molecule has 4 aromatic rings. The molecule has 5 rings (SSSR count). The van der Waals surface area contributed by atoms with Crippen molar-refractivity contribution in [1.82, 2.24) is 24.5 Å². The maximum absolute atomic E-state index is 14.5. The van der Waals surface area contributed by atoms with E-state index < -0.39 is 5.82 Å². The van der Waals surface area contributed by atoms with Crippen molar-refractivity contribution in [2.45, 2.75) is 26.8 Å². The number of nitrogens with one attached hydrogen (secondary N) is 2. The molecular weight excluding hydrogens is 421 g/mol. The summed E-state index contributed by atoms with van der Waals surface area (Å²) in [7, 11) is 1.85. The van der Waals surface area contributed by atoms with E-state index in [0.717, 1.165) is 30.7 Å². The average molecular weight is 450 g/mol. The second-order valence-corrected chi connectivity index (χ2v) is 9.09. The monoisotopic (exact) mass is 449 g/mol. The van der Waals surface area contributed by atoms with E-state index in [0.29, 0.717) is 34.4 Å². The second-order valence-electron chi connectivity index (χ2n) is 9.09. The van der Waals surface area contributed by atoms with Crippen LogP contribution in [-0.2, 0) is 7.05 Å². The number of hydrogen-bond donors (Lipinski definition) is 2. The van der Waals surface area contributed by atoms with Crippen molar-refractivity contribution in [2.24, 2.45) is 13.0 Å². The maximum Gasteiger partial charge on any atom is 0.257 e. The molecule has 1 saturated heterocycles. The predicted molar refractivity (Wildman–Crippen MR) is 127 cm³/mol. The van der Waals surface area contributed by atoms with Gasteiger partial charge >= 0.3 is 0 Å². The fraction of sp³-hybridized carbons (Fsp3) is 0.375. The van der Waals surface area contributed by atoms with Crippen LogP contribution in [0.15, 0.2) is 36.8 Å². The Labute approximate surface area is 191 Å². The number of aryl methyl sites for hydroxylation is 2. The van der Waals surface area contributed by atoms with E-state index in [1.165, 1.54) is 6.07 Å². The van der Waals surface area contributed by atoms with E-state index in [2.05, 4.69) is 39.5 Å². The Kier molecular flexibility index (Phi) is 5.28. The standard InChI is InChI=1S/C24H28FN7O/c1-14(2)20-13-31(8-7-26-20)21-6-5-17(22-18(21)12-30(4)29-22)24(33)28-16-9-19(25)23-27-15(3)10-32(23)11-16/h5-6,9-12,14,20,26H,7-8,13H2,1-4H3,(H,28,33). The largest absolute Gasteiger partial charge is 0.368 e. The third kappa shape index (κ3) is 3.93. The highest BCUT2D eigenvalue weighted by molar-refractivity contribution is 6.13. The molecule has 33 heavy (non-hydrogen) atoms. The van der Waals surface area contributed by atoms with E-state index >= 15 is 0 Å². The first-order valence-corrected chi connectivity index (χ1v) is 11.2. The molecule has 1 aliphatic heterocycles. The number of aromatic nitrogens is 4. The van der Waals surface area contributed by atoms with Crippen molar-refractivity contribution in [2.75, 3.05) is 29.9 Å². The van der Waals surface area contributed by atoms with E-state index in [4.69, 9.17) is 0 Å². The molecule has 1 aliphatic rings. The molecule has 0 saturated carbocycles. The number of hydrogen-bond acceptors (Lipinski definition) is 5. The molecule has 3 aromatic heterocycles. The zero-order chi connectivity index (χ0) is 23.3. The van der Waals surface area contributed by atoms with Gasteiger partial charge in [0, 0.05) is 68.5 Å². The lowest BCUT2D eigenvalue weighted by atomic mass is 10.0. The zero-order valence-corrected chi connectivity index (χ0v) is 19.3. The molecule has 0 radical (unpaired) electrons. The number of imidazole rings is 1. The van der Waals surface area contributed by atoms with Crippen LogP contribution in [0.1, 0.15) is 29.9 Å². The Bertz CT molecular complexity index is 1360. The fourth-order valence-corrected chi connectivity index (χ4v) is 4.55. The normalized spacial score (nSPS) is 16.8. The van der Waals surface area contributed by atoms with Gasteiger partial charge in [0.25, 0.3) is 5.91 Å². The number of fused-ring (bicyclic) bond motifs is 2. The molecule has 9 heteroatoms. The van der Waals surface area contributed by atoms with Gasteiger partial charge in [-0.05, 0) is 25.0 Å². The van der Waals surface area contributed by atoms with Crippen molar-refractivity contribution in [1.29, 1.82) is 0 Å². The van der Waals surface area contributed by atoms with Crippen molar-refractivity contribution in [3.8, 4) is 0 Å². The number of nitrogens with zero attached hydrogens (tertiary/aromatic N) is 5. The number of amides is 1. The molecule has 0 aliphatic carbocycles. The number of piperazine rings is 1. The van der Waals surface area contributed by atoms with Crippen LogP contribution in [-0.4, -0.2) is 50.7 Å². The van der Waals surface area contributed by atoms with Crippen LogP contribution >= 0.6 is 0 Å². The number of halogens is 1. The molecule has 1 aromatic carbocycles. The number of anilines is 2. The van der Waals surface area contributed by atoms with Crippen LogP contribution in [0.2, 0.25) is 0 Å². The highest BCUT2D eigenvalue weighted by Gasteiger charge is 2.25.